The van der Waals surface area contributed by atoms with Gasteiger partial charge in [0.05, 0.1) is 19.3 Å². The van der Waals surface area contributed by atoms with Crippen LogP contribution in [0.5, 0.6) is 0 Å². The SMILES string of the molecule is CC(C)[Si](OC[C@@H](O)[C@@H]1OC(C)(C)O[C@@H]1[C@H](CN(CCCCCCOCc1ccccc1)C(=O)OCC1c2ccccc2-c2ccccc21)N=[N+]=[N-])(C(C)C)C(C)C. The van der Waals surface area contributed by atoms with Crippen molar-refractivity contribution in [1.82, 2.24) is 4.90 Å². The van der Waals surface area contributed by atoms with Crippen molar-refractivity contribution in [3.05, 3.63) is 106 Å². The maximum Gasteiger partial charge on any atom is 0.409 e. The van der Waals surface area contributed by atoms with Crippen LogP contribution in [0.3, 0.4) is 0 Å². The Bertz CT molecular complexity index is 1730. The number of unbranched alkanes of at least 4 members (excludes halogenated alkanes) is 3. The van der Waals surface area contributed by atoms with Gasteiger partial charge in [-0.1, -0.05) is 138 Å². The Morgan fingerprint density at radius 2 is 1.41 bits per heavy atom. The van der Waals surface area contributed by atoms with Crippen molar-refractivity contribution in [2.75, 3.05) is 32.9 Å². The van der Waals surface area contributed by atoms with Crippen molar-refractivity contribution in [2.45, 2.75) is 140 Å². The molecule has 1 saturated heterocycles. The summed E-state index contributed by atoms with van der Waals surface area (Å²) >= 11 is 0. The van der Waals surface area contributed by atoms with Crippen LogP contribution >= 0.6 is 0 Å². The van der Waals surface area contributed by atoms with Gasteiger partial charge < -0.3 is 33.4 Å². The maximum absolute atomic E-state index is 14.2. The minimum Gasteiger partial charge on any atom is -0.448 e. The molecule has 316 valence electrons. The average molecular weight is 815 g/mol. The van der Waals surface area contributed by atoms with Gasteiger partial charge >= 0.3 is 6.09 Å². The van der Waals surface area contributed by atoms with E-state index < -0.39 is 44.6 Å². The fourth-order valence-corrected chi connectivity index (χ4v) is 14.8. The maximum atomic E-state index is 14.2. The fraction of sp³-hybridized carbons (Fsp3) is 0.587. The molecule has 1 amide bonds. The molecule has 5 rings (SSSR count). The number of nitrogens with zero attached hydrogens (tertiary/aromatic N) is 4. The van der Waals surface area contributed by atoms with E-state index in [9.17, 15) is 15.4 Å². The molecule has 1 heterocycles. The number of rotatable bonds is 22. The molecule has 0 radical (unpaired) electrons. The quantitative estimate of drug-likeness (QED) is 0.0351. The zero-order chi connectivity index (χ0) is 41.9. The average Bonchev–Trinajstić information content (AvgIpc) is 3.70. The molecule has 3 aromatic rings. The van der Waals surface area contributed by atoms with Gasteiger partial charge in [0.15, 0.2) is 14.1 Å². The molecule has 1 fully saturated rings. The van der Waals surface area contributed by atoms with Crippen LogP contribution in [-0.2, 0) is 30.0 Å². The predicted molar refractivity (Wildman–Crippen MR) is 231 cm³/mol. The fourth-order valence-electron chi connectivity index (χ4n) is 9.30. The van der Waals surface area contributed by atoms with E-state index >= 15 is 0 Å². The number of benzene rings is 3. The van der Waals surface area contributed by atoms with Crippen molar-refractivity contribution in [1.29, 1.82) is 0 Å². The van der Waals surface area contributed by atoms with Crippen LogP contribution in [0.25, 0.3) is 21.6 Å². The zero-order valence-electron chi connectivity index (χ0n) is 35.9. The highest BCUT2D eigenvalue weighted by atomic mass is 28.4. The van der Waals surface area contributed by atoms with Gasteiger partial charge in [-0.15, -0.1) is 0 Å². The van der Waals surface area contributed by atoms with Crippen LogP contribution in [-0.4, -0.2) is 87.5 Å². The molecule has 0 aromatic heterocycles. The molecule has 1 aliphatic carbocycles. The highest BCUT2D eigenvalue weighted by molar-refractivity contribution is 6.77. The van der Waals surface area contributed by atoms with Crippen molar-refractivity contribution >= 4 is 14.4 Å². The lowest BCUT2D eigenvalue weighted by molar-refractivity contribution is -0.158. The molecule has 2 aliphatic rings. The molecule has 4 atom stereocenters. The van der Waals surface area contributed by atoms with Crippen molar-refractivity contribution in [2.24, 2.45) is 5.11 Å². The highest BCUT2D eigenvalue weighted by Crippen LogP contribution is 2.45. The van der Waals surface area contributed by atoms with E-state index in [1.807, 2.05) is 42.5 Å². The standard InChI is InChI=1S/C46H66N4O7Si/c1-32(2)58(33(3)4,34(5)6)55-31-42(51)44-43(56-46(7,8)57-44)41(48-49-47)28-50(26-18-9-10-19-27-53-29-35-20-12-11-13-21-35)45(52)54-30-40-38-24-16-14-22-36(38)37-23-15-17-25-39(37)40/h11-17,20-25,32-34,40-44,51H,9-10,18-19,26-31H2,1-8H3/t41-,42+,43+,44-/m0/s1. The smallest absolute Gasteiger partial charge is 0.409 e. The van der Waals surface area contributed by atoms with E-state index in [4.69, 9.17) is 23.4 Å². The molecule has 0 spiro atoms. The summed E-state index contributed by atoms with van der Waals surface area (Å²) in [6, 6.07) is 25.7. The van der Waals surface area contributed by atoms with Gasteiger partial charge in [0, 0.05) is 30.5 Å². The number of carbonyl (C=O) groups excluding carboxylic acids is 1. The van der Waals surface area contributed by atoms with Crippen LogP contribution in [0, 0.1) is 0 Å². The van der Waals surface area contributed by atoms with Gasteiger partial charge in [0.25, 0.3) is 0 Å². The number of ether oxygens (including phenoxy) is 4. The number of hydrogen-bond donors (Lipinski definition) is 1. The lowest BCUT2D eigenvalue weighted by Crippen LogP contribution is -2.52. The molecule has 1 N–H and O–H groups in total. The molecule has 3 aromatic carbocycles. The van der Waals surface area contributed by atoms with Crippen LogP contribution < -0.4 is 0 Å². The second-order valence-electron chi connectivity index (χ2n) is 17.2. The summed E-state index contributed by atoms with van der Waals surface area (Å²) in [7, 11) is -2.31. The van der Waals surface area contributed by atoms with Gasteiger partial charge in [-0.2, -0.15) is 0 Å². The molecule has 11 nitrogen and oxygen atoms in total. The van der Waals surface area contributed by atoms with Crippen LogP contribution in [0.4, 0.5) is 4.79 Å². The first-order valence-corrected chi connectivity index (χ1v) is 23.4. The zero-order valence-corrected chi connectivity index (χ0v) is 36.9. The lowest BCUT2D eigenvalue weighted by atomic mass is 9.98. The first-order valence-electron chi connectivity index (χ1n) is 21.2. The van der Waals surface area contributed by atoms with Gasteiger partial charge in [-0.3, -0.25) is 0 Å². The van der Waals surface area contributed by atoms with Gasteiger partial charge in [0.1, 0.15) is 24.9 Å². The minimum atomic E-state index is -2.31. The number of amides is 1. The Morgan fingerprint density at radius 1 is 0.845 bits per heavy atom. The predicted octanol–water partition coefficient (Wildman–Crippen LogP) is 10.8. The van der Waals surface area contributed by atoms with Crippen LogP contribution in [0.2, 0.25) is 16.6 Å². The number of aliphatic hydroxyl groups excluding tert-OH is 1. The summed E-state index contributed by atoms with van der Waals surface area (Å²) in [5.74, 6) is -1.17. The van der Waals surface area contributed by atoms with E-state index in [0.29, 0.717) is 42.8 Å². The highest BCUT2D eigenvalue weighted by Gasteiger charge is 2.51. The summed E-state index contributed by atoms with van der Waals surface area (Å²) in [5, 5.41) is 15.9. The molecular formula is C46H66N4O7Si. The monoisotopic (exact) mass is 814 g/mol. The molecule has 12 heteroatoms. The van der Waals surface area contributed by atoms with E-state index in [-0.39, 0.29) is 25.7 Å². The lowest BCUT2D eigenvalue weighted by Gasteiger charge is -2.43. The Labute approximate surface area is 347 Å². The van der Waals surface area contributed by atoms with E-state index in [1.54, 1.807) is 18.7 Å². The summed E-state index contributed by atoms with van der Waals surface area (Å²) in [5.41, 5.74) is 16.5. The van der Waals surface area contributed by atoms with Gasteiger partial charge in [-0.25, -0.2) is 4.79 Å². The third-order valence-corrected chi connectivity index (χ3v) is 18.0. The molecule has 1 aliphatic heterocycles. The summed E-state index contributed by atoms with van der Waals surface area (Å²) in [6.45, 7) is 18.7. The molecular weight excluding hydrogens is 749 g/mol. The van der Waals surface area contributed by atoms with Gasteiger partial charge in [-0.05, 0) is 76.7 Å². The summed E-state index contributed by atoms with van der Waals surface area (Å²) in [4.78, 5) is 19.0. The Hall–Kier alpha value is -3.74. The molecule has 0 bridgehead atoms. The number of fused-ring (bicyclic) bond motifs is 3. The second kappa shape index (κ2) is 21.0. The largest absolute Gasteiger partial charge is 0.448 e. The Kier molecular flexibility index (Phi) is 16.4. The molecule has 58 heavy (non-hydrogen) atoms. The minimum absolute atomic E-state index is 0.0256. The number of aliphatic hydroxyl groups is 1. The first kappa shape index (κ1) is 45.3. The second-order valence-corrected chi connectivity index (χ2v) is 22.7. The van der Waals surface area contributed by atoms with Crippen molar-refractivity contribution < 1.29 is 33.3 Å². The van der Waals surface area contributed by atoms with Crippen molar-refractivity contribution in [3.63, 3.8) is 0 Å². The molecule has 0 unspecified atom stereocenters. The molecule has 0 saturated carbocycles. The van der Waals surface area contributed by atoms with Gasteiger partial charge in [0.2, 0.25) is 0 Å². The summed E-state index contributed by atoms with van der Waals surface area (Å²) in [6.07, 6.45) is 0.166. The topological polar surface area (TPSA) is 135 Å². The number of carbonyl (C=O) groups is 1. The van der Waals surface area contributed by atoms with Crippen LogP contribution in [0.1, 0.15) is 104 Å². The third-order valence-electron chi connectivity index (χ3n) is 11.9. The van der Waals surface area contributed by atoms with Crippen molar-refractivity contribution in [3.8, 4) is 11.1 Å². The Balaban J connectivity index is 1.29. The van der Waals surface area contributed by atoms with E-state index in [1.165, 1.54) is 0 Å². The third kappa shape index (κ3) is 11.1. The summed E-state index contributed by atoms with van der Waals surface area (Å²) < 4.78 is 31.5. The Morgan fingerprint density at radius 3 is 2.02 bits per heavy atom. The normalized spacial score (nSPS) is 18.6. The first-order chi connectivity index (χ1) is 27.8. The number of hydrogen-bond acceptors (Lipinski definition) is 8. The van der Waals surface area contributed by atoms with E-state index in [2.05, 4.69) is 88.0 Å². The van der Waals surface area contributed by atoms with Crippen LogP contribution in [0.15, 0.2) is 84.0 Å². The number of azide groups is 1. The van der Waals surface area contributed by atoms with E-state index in [0.717, 1.165) is 47.1 Å².